The number of carbonyl (C=O) groups excluding carboxylic acids is 1. The van der Waals surface area contributed by atoms with Gasteiger partial charge in [-0.15, -0.1) is 0 Å². The lowest BCUT2D eigenvalue weighted by Crippen LogP contribution is -2.47. The Morgan fingerprint density at radius 2 is 1.76 bits per heavy atom. The maximum Gasteiger partial charge on any atom is 0.224 e. The van der Waals surface area contributed by atoms with E-state index < -0.39 is 0 Å². The second kappa shape index (κ2) is 9.77. The summed E-state index contributed by atoms with van der Waals surface area (Å²) in [6.45, 7) is 2.41. The first-order valence-electron chi connectivity index (χ1n) is 12.5. The van der Waals surface area contributed by atoms with Crippen LogP contribution in [-0.4, -0.2) is 42.2 Å². The molecule has 6 nitrogen and oxygen atoms in total. The number of nitrogens with zero attached hydrogens (tertiary/aromatic N) is 1. The Morgan fingerprint density at radius 3 is 2.45 bits per heavy atom. The SMILES string of the molecule is O=C(CC12CC3CC(CC(C3)C1)C2)Nc1c(Cl)ccc2nc(NCCCNCCO)ccc12. The molecule has 33 heavy (non-hydrogen) atoms. The third kappa shape index (κ3) is 5.13. The number of aliphatic hydroxyl groups excluding tert-OH is 1. The molecule has 4 aliphatic carbocycles. The molecule has 4 aliphatic rings. The molecule has 2 aromatic rings. The zero-order valence-corrected chi connectivity index (χ0v) is 20.0. The predicted octanol–water partition coefficient (Wildman–Crippen LogP) is 4.82. The number of carbonyl (C=O) groups is 1. The van der Waals surface area contributed by atoms with E-state index in [9.17, 15) is 4.79 Å². The van der Waals surface area contributed by atoms with Crippen LogP contribution in [0.4, 0.5) is 11.5 Å². The molecule has 7 heteroatoms. The molecule has 4 N–H and O–H groups in total. The second-order valence-corrected chi connectivity index (χ2v) is 11.0. The largest absolute Gasteiger partial charge is 0.395 e. The third-order valence-electron chi connectivity index (χ3n) is 7.91. The molecule has 1 aromatic heterocycles. The number of benzene rings is 1. The van der Waals surface area contributed by atoms with E-state index in [1.807, 2.05) is 24.3 Å². The minimum Gasteiger partial charge on any atom is -0.395 e. The molecule has 0 aliphatic heterocycles. The highest BCUT2D eigenvalue weighted by atomic mass is 35.5. The Labute approximate surface area is 200 Å². The van der Waals surface area contributed by atoms with Crippen LogP contribution < -0.4 is 16.0 Å². The number of fused-ring (bicyclic) bond motifs is 1. The average molecular weight is 471 g/mol. The van der Waals surface area contributed by atoms with Gasteiger partial charge in [-0.1, -0.05) is 11.6 Å². The molecule has 4 fully saturated rings. The first-order valence-corrected chi connectivity index (χ1v) is 12.9. The van der Waals surface area contributed by atoms with Crippen LogP contribution >= 0.6 is 11.6 Å². The average Bonchev–Trinajstić information content (AvgIpc) is 2.77. The number of rotatable bonds is 10. The number of hydrogen-bond donors (Lipinski definition) is 4. The van der Waals surface area contributed by atoms with Crippen LogP contribution in [0, 0.1) is 23.2 Å². The van der Waals surface area contributed by atoms with Gasteiger partial charge in [0.15, 0.2) is 0 Å². The van der Waals surface area contributed by atoms with Crippen molar-refractivity contribution in [2.45, 2.75) is 51.4 Å². The number of pyridine rings is 1. The Bertz CT molecular complexity index is 976. The quantitative estimate of drug-likeness (QED) is 0.374. The van der Waals surface area contributed by atoms with Crippen molar-refractivity contribution < 1.29 is 9.90 Å². The first kappa shape index (κ1) is 22.9. The van der Waals surface area contributed by atoms with Gasteiger partial charge in [0.25, 0.3) is 0 Å². The molecular weight excluding hydrogens is 436 g/mol. The molecule has 4 bridgehead atoms. The van der Waals surface area contributed by atoms with Crippen molar-refractivity contribution in [2.75, 3.05) is 36.9 Å². The molecule has 0 radical (unpaired) electrons. The van der Waals surface area contributed by atoms with E-state index in [1.165, 1.54) is 38.5 Å². The number of nitrogens with one attached hydrogen (secondary N) is 3. The summed E-state index contributed by atoms with van der Waals surface area (Å²) in [5.41, 5.74) is 1.70. The monoisotopic (exact) mass is 470 g/mol. The standard InChI is InChI=1S/C26H35ClN4O2/c27-21-3-4-22-20(2-5-23(30-22)29-7-1-6-28-8-9-32)25(21)31-24(33)16-26-13-17-10-18(14-26)12-19(11-17)15-26/h2-5,17-19,28,32H,1,6-16H2,(H,29,30)(H,31,33). The maximum absolute atomic E-state index is 13.2. The molecule has 6 rings (SSSR count). The van der Waals surface area contributed by atoms with Gasteiger partial charge in [-0.05, 0) is 98.9 Å². The molecule has 178 valence electrons. The Hall–Kier alpha value is -1.89. The highest BCUT2D eigenvalue weighted by Gasteiger charge is 2.51. The van der Waals surface area contributed by atoms with Crippen molar-refractivity contribution in [3.05, 3.63) is 29.3 Å². The summed E-state index contributed by atoms with van der Waals surface area (Å²) >= 11 is 6.52. The number of aliphatic hydroxyl groups is 1. The van der Waals surface area contributed by atoms with Crippen molar-refractivity contribution in [2.24, 2.45) is 23.2 Å². The Morgan fingerprint density at radius 1 is 1.03 bits per heavy atom. The minimum atomic E-state index is 0.0870. The van der Waals surface area contributed by atoms with Crippen molar-refractivity contribution in [3.8, 4) is 0 Å². The van der Waals surface area contributed by atoms with E-state index in [-0.39, 0.29) is 17.9 Å². The molecular formula is C26H35ClN4O2. The summed E-state index contributed by atoms with van der Waals surface area (Å²) in [7, 11) is 0. The van der Waals surface area contributed by atoms with Gasteiger partial charge in [-0.3, -0.25) is 4.79 Å². The van der Waals surface area contributed by atoms with Gasteiger partial charge in [0.2, 0.25) is 5.91 Å². The molecule has 1 heterocycles. The van der Waals surface area contributed by atoms with E-state index >= 15 is 0 Å². The summed E-state index contributed by atoms with van der Waals surface area (Å²) < 4.78 is 0. The molecule has 0 spiro atoms. The molecule has 1 amide bonds. The summed E-state index contributed by atoms with van der Waals surface area (Å²) in [5, 5.41) is 19.9. The van der Waals surface area contributed by atoms with Crippen molar-refractivity contribution in [1.82, 2.24) is 10.3 Å². The van der Waals surface area contributed by atoms with Crippen LogP contribution in [0.25, 0.3) is 10.9 Å². The number of hydrogen-bond acceptors (Lipinski definition) is 5. The maximum atomic E-state index is 13.2. The fourth-order valence-corrected chi connectivity index (χ4v) is 7.28. The number of amides is 1. The van der Waals surface area contributed by atoms with Crippen LogP contribution in [0.3, 0.4) is 0 Å². The topological polar surface area (TPSA) is 86.3 Å². The molecule has 1 aromatic carbocycles. The summed E-state index contributed by atoms with van der Waals surface area (Å²) in [6.07, 6.45) is 9.38. The zero-order valence-electron chi connectivity index (χ0n) is 19.2. The second-order valence-electron chi connectivity index (χ2n) is 10.6. The highest BCUT2D eigenvalue weighted by Crippen LogP contribution is 2.61. The van der Waals surface area contributed by atoms with Gasteiger partial charge in [0, 0.05) is 24.9 Å². The number of anilines is 2. The zero-order chi connectivity index (χ0) is 22.8. The van der Waals surface area contributed by atoms with Gasteiger partial charge in [-0.25, -0.2) is 4.98 Å². The molecule has 0 atom stereocenters. The van der Waals surface area contributed by atoms with E-state index in [2.05, 4.69) is 16.0 Å². The summed E-state index contributed by atoms with van der Waals surface area (Å²) in [4.78, 5) is 17.9. The molecule has 0 saturated heterocycles. The van der Waals surface area contributed by atoms with Gasteiger partial charge in [0.1, 0.15) is 5.82 Å². The van der Waals surface area contributed by atoms with Gasteiger partial charge in [0.05, 0.1) is 22.8 Å². The third-order valence-corrected chi connectivity index (χ3v) is 8.23. The normalized spacial score (nSPS) is 27.8. The van der Waals surface area contributed by atoms with E-state index in [0.717, 1.165) is 54.0 Å². The minimum absolute atomic E-state index is 0.0870. The van der Waals surface area contributed by atoms with Gasteiger partial charge >= 0.3 is 0 Å². The molecule has 4 saturated carbocycles. The van der Waals surface area contributed by atoms with Crippen LogP contribution in [0.15, 0.2) is 24.3 Å². The van der Waals surface area contributed by atoms with Gasteiger partial charge < -0.3 is 21.1 Å². The number of halogens is 1. The Kier molecular flexibility index (Phi) is 6.77. The van der Waals surface area contributed by atoms with Crippen molar-refractivity contribution in [3.63, 3.8) is 0 Å². The van der Waals surface area contributed by atoms with E-state index in [1.54, 1.807) is 0 Å². The summed E-state index contributed by atoms with van der Waals surface area (Å²) in [6, 6.07) is 7.65. The fraction of sp³-hybridized carbons (Fsp3) is 0.615. The van der Waals surface area contributed by atoms with E-state index in [0.29, 0.717) is 23.7 Å². The molecule has 0 unspecified atom stereocenters. The number of aromatic nitrogens is 1. The van der Waals surface area contributed by atoms with Crippen LogP contribution in [0.2, 0.25) is 5.02 Å². The van der Waals surface area contributed by atoms with Crippen LogP contribution in [-0.2, 0) is 4.79 Å². The smallest absolute Gasteiger partial charge is 0.224 e. The lowest BCUT2D eigenvalue weighted by Gasteiger charge is -2.56. The first-order chi connectivity index (χ1) is 16.0. The van der Waals surface area contributed by atoms with E-state index in [4.69, 9.17) is 21.7 Å². The lowest BCUT2D eigenvalue weighted by molar-refractivity contribution is -0.124. The fourth-order valence-electron chi connectivity index (χ4n) is 7.07. The predicted molar refractivity (Wildman–Crippen MR) is 134 cm³/mol. The highest BCUT2D eigenvalue weighted by molar-refractivity contribution is 6.35. The van der Waals surface area contributed by atoms with Crippen molar-refractivity contribution >= 4 is 39.9 Å². The van der Waals surface area contributed by atoms with Gasteiger partial charge in [-0.2, -0.15) is 0 Å². The lowest BCUT2D eigenvalue weighted by atomic mass is 9.49. The summed E-state index contributed by atoms with van der Waals surface area (Å²) in [5.74, 6) is 3.41. The van der Waals surface area contributed by atoms with Crippen LogP contribution in [0.1, 0.15) is 51.4 Å². The Balaban J connectivity index is 1.24. The van der Waals surface area contributed by atoms with Crippen molar-refractivity contribution in [1.29, 1.82) is 0 Å². The van der Waals surface area contributed by atoms with Crippen LogP contribution in [0.5, 0.6) is 0 Å².